The maximum absolute atomic E-state index is 11.8. The van der Waals surface area contributed by atoms with Gasteiger partial charge in [-0.1, -0.05) is 23.2 Å². The van der Waals surface area contributed by atoms with Gasteiger partial charge in [-0.2, -0.15) is 0 Å². The number of nitrogens with zero attached hydrogens (tertiary/aromatic N) is 2. The number of ketones is 1. The zero-order valence-electron chi connectivity index (χ0n) is 7.28. The highest BCUT2D eigenvalue weighted by Crippen LogP contribution is 2.18. The Balaban J connectivity index is 2.42. The van der Waals surface area contributed by atoms with Crippen molar-refractivity contribution in [1.82, 2.24) is 9.97 Å². The largest absolute Gasteiger partial charge is 0.286 e. The van der Waals surface area contributed by atoms with E-state index < -0.39 is 0 Å². The fourth-order valence-electron chi connectivity index (χ4n) is 1.06. The number of rotatable bonds is 2. The molecule has 0 saturated heterocycles. The Hall–Kier alpha value is -0.970. The first-order valence-corrected chi connectivity index (χ1v) is 5.57. The Labute approximate surface area is 99.7 Å². The van der Waals surface area contributed by atoms with Gasteiger partial charge in [-0.05, 0) is 12.1 Å². The lowest BCUT2D eigenvalue weighted by Gasteiger charge is -1.98. The van der Waals surface area contributed by atoms with Crippen LogP contribution in [0.2, 0.25) is 10.3 Å². The highest BCUT2D eigenvalue weighted by molar-refractivity contribution is 7.11. The van der Waals surface area contributed by atoms with Crippen LogP contribution in [0.3, 0.4) is 0 Å². The first-order valence-electron chi connectivity index (χ1n) is 3.94. The third kappa shape index (κ3) is 2.34. The van der Waals surface area contributed by atoms with Crippen molar-refractivity contribution in [2.24, 2.45) is 0 Å². The van der Waals surface area contributed by atoms with E-state index in [4.69, 9.17) is 23.2 Å². The number of thiazole rings is 1. The van der Waals surface area contributed by atoms with Gasteiger partial charge < -0.3 is 0 Å². The van der Waals surface area contributed by atoms with E-state index in [9.17, 15) is 4.79 Å². The normalized spacial score (nSPS) is 10.3. The quantitative estimate of drug-likeness (QED) is 0.614. The van der Waals surface area contributed by atoms with Crippen molar-refractivity contribution in [3.63, 3.8) is 0 Å². The van der Waals surface area contributed by atoms with Crippen LogP contribution >= 0.6 is 34.5 Å². The standard InChI is InChI=1S/C9H4Cl2N2OS/c10-6-3-5(4-7(11)13-6)8(14)9-12-1-2-15-9/h1-4H. The molecule has 0 bridgehead atoms. The molecule has 0 unspecified atom stereocenters. The SMILES string of the molecule is O=C(c1cc(Cl)nc(Cl)c1)c1nccs1. The summed E-state index contributed by atoms with van der Waals surface area (Å²) in [6, 6.07) is 2.94. The second-order valence-electron chi connectivity index (χ2n) is 2.67. The van der Waals surface area contributed by atoms with Crippen LogP contribution in [0.4, 0.5) is 0 Å². The van der Waals surface area contributed by atoms with Crippen molar-refractivity contribution in [3.8, 4) is 0 Å². The van der Waals surface area contributed by atoms with Gasteiger partial charge in [0.1, 0.15) is 10.3 Å². The molecule has 2 aromatic rings. The van der Waals surface area contributed by atoms with Gasteiger partial charge in [-0.15, -0.1) is 11.3 Å². The predicted octanol–water partition coefficient (Wildman–Crippen LogP) is 3.08. The molecule has 0 aliphatic heterocycles. The van der Waals surface area contributed by atoms with Crippen LogP contribution in [0.5, 0.6) is 0 Å². The molecule has 15 heavy (non-hydrogen) atoms. The Morgan fingerprint density at radius 2 is 1.93 bits per heavy atom. The minimum Gasteiger partial charge on any atom is -0.286 e. The van der Waals surface area contributed by atoms with Gasteiger partial charge in [-0.25, -0.2) is 9.97 Å². The van der Waals surface area contributed by atoms with E-state index in [0.29, 0.717) is 10.6 Å². The van der Waals surface area contributed by atoms with Crippen LogP contribution in [-0.4, -0.2) is 15.8 Å². The van der Waals surface area contributed by atoms with Crippen LogP contribution in [0.1, 0.15) is 15.4 Å². The van der Waals surface area contributed by atoms with E-state index in [0.717, 1.165) is 0 Å². The molecule has 6 heteroatoms. The number of aromatic nitrogens is 2. The summed E-state index contributed by atoms with van der Waals surface area (Å²) in [7, 11) is 0. The van der Waals surface area contributed by atoms with E-state index >= 15 is 0 Å². The summed E-state index contributed by atoms with van der Waals surface area (Å²) in [6.07, 6.45) is 1.57. The van der Waals surface area contributed by atoms with Crippen molar-refractivity contribution < 1.29 is 4.79 Å². The minimum absolute atomic E-state index is 0.197. The molecule has 2 heterocycles. The molecular formula is C9H4Cl2N2OS. The van der Waals surface area contributed by atoms with Gasteiger partial charge in [0.25, 0.3) is 0 Å². The molecule has 0 amide bonds. The molecular weight excluding hydrogens is 255 g/mol. The summed E-state index contributed by atoms with van der Waals surface area (Å²) in [4.78, 5) is 19.5. The summed E-state index contributed by atoms with van der Waals surface area (Å²) in [5, 5.41) is 2.54. The number of carbonyl (C=O) groups is 1. The van der Waals surface area contributed by atoms with Crippen LogP contribution in [0.25, 0.3) is 0 Å². The first kappa shape index (κ1) is 10.5. The van der Waals surface area contributed by atoms with Gasteiger partial charge in [-0.3, -0.25) is 4.79 Å². The highest BCUT2D eigenvalue weighted by atomic mass is 35.5. The third-order valence-corrected chi connectivity index (χ3v) is 2.81. The summed E-state index contributed by atoms with van der Waals surface area (Å²) in [6.45, 7) is 0. The van der Waals surface area contributed by atoms with Gasteiger partial charge >= 0.3 is 0 Å². The Morgan fingerprint density at radius 3 is 2.47 bits per heavy atom. The second-order valence-corrected chi connectivity index (χ2v) is 4.34. The Bertz CT molecular complexity index is 479. The number of hydrogen-bond donors (Lipinski definition) is 0. The average Bonchev–Trinajstić information content (AvgIpc) is 2.67. The van der Waals surface area contributed by atoms with Crippen molar-refractivity contribution in [3.05, 3.63) is 44.6 Å². The Kier molecular flexibility index (Phi) is 3.00. The topological polar surface area (TPSA) is 42.9 Å². The summed E-state index contributed by atoms with van der Waals surface area (Å²) in [5.41, 5.74) is 0.398. The molecule has 0 aliphatic rings. The molecule has 0 N–H and O–H groups in total. The molecule has 0 aromatic carbocycles. The lowest BCUT2D eigenvalue weighted by Crippen LogP contribution is -2.01. The molecule has 0 atom stereocenters. The smallest absolute Gasteiger partial charge is 0.221 e. The summed E-state index contributed by atoms with van der Waals surface area (Å²) in [5.74, 6) is -0.198. The molecule has 3 nitrogen and oxygen atoms in total. The zero-order chi connectivity index (χ0) is 10.8. The summed E-state index contributed by atoms with van der Waals surface area (Å²) >= 11 is 12.7. The lowest BCUT2D eigenvalue weighted by molar-refractivity contribution is 0.103. The molecule has 76 valence electrons. The van der Waals surface area contributed by atoms with Crippen LogP contribution in [-0.2, 0) is 0 Å². The predicted molar refractivity (Wildman–Crippen MR) is 59.8 cm³/mol. The lowest BCUT2D eigenvalue weighted by atomic mass is 10.2. The molecule has 0 fully saturated rings. The first-order chi connectivity index (χ1) is 7.16. The van der Waals surface area contributed by atoms with Crippen LogP contribution < -0.4 is 0 Å². The van der Waals surface area contributed by atoms with Crippen molar-refractivity contribution in [1.29, 1.82) is 0 Å². The van der Waals surface area contributed by atoms with E-state index in [1.54, 1.807) is 11.6 Å². The third-order valence-electron chi connectivity index (χ3n) is 1.65. The average molecular weight is 259 g/mol. The Morgan fingerprint density at radius 1 is 1.27 bits per heavy atom. The van der Waals surface area contributed by atoms with Crippen molar-refractivity contribution >= 4 is 40.3 Å². The number of halogens is 2. The zero-order valence-corrected chi connectivity index (χ0v) is 9.60. The molecule has 0 saturated carbocycles. The fraction of sp³-hybridized carbons (Fsp3) is 0. The van der Waals surface area contributed by atoms with Gasteiger partial charge in [0.05, 0.1) is 0 Å². The van der Waals surface area contributed by atoms with E-state index in [1.807, 2.05) is 0 Å². The van der Waals surface area contributed by atoms with Crippen molar-refractivity contribution in [2.45, 2.75) is 0 Å². The summed E-state index contributed by atoms with van der Waals surface area (Å²) < 4.78 is 0. The monoisotopic (exact) mass is 258 g/mol. The van der Waals surface area contributed by atoms with Crippen molar-refractivity contribution in [2.75, 3.05) is 0 Å². The van der Waals surface area contributed by atoms with E-state index in [-0.39, 0.29) is 16.1 Å². The van der Waals surface area contributed by atoms with E-state index in [2.05, 4.69) is 9.97 Å². The van der Waals surface area contributed by atoms with Crippen LogP contribution in [0, 0.1) is 0 Å². The van der Waals surface area contributed by atoms with Gasteiger partial charge in [0.2, 0.25) is 5.78 Å². The fourth-order valence-corrected chi connectivity index (χ4v) is 2.11. The maximum atomic E-state index is 11.8. The number of hydrogen-bond acceptors (Lipinski definition) is 4. The molecule has 0 spiro atoms. The molecule has 0 radical (unpaired) electrons. The molecule has 0 aliphatic carbocycles. The van der Waals surface area contributed by atoms with Gasteiger partial charge in [0, 0.05) is 17.1 Å². The second kappa shape index (κ2) is 4.26. The maximum Gasteiger partial charge on any atom is 0.221 e. The highest BCUT2D eigenvalue weighted by Gasteiger charge is 2.13. The molecule has 2 rings (SSSR count). The minimum atomic E-state index is -0.198. The van der Waals surface area contributed by atoms with Crippen LogP contribution in [0.15, 0.2) is 23.7 Å². The molecule has 2 aromatic heterocycles. The van der Waals surface area contributed by atoms with E-state index in [1.165, 1.54) is 23.5 Å². The van der Waals surface area contributed by atoms with Gasteiger partial charge in [0.15, 0.2) is 5.01 Å². The number of pyridine rings is 1. The number of carbonyl (C=O) groups excluding carboxylic acids is 1.